The van der Waals surface area contributed by atoms with E-state index in [2.05, 4.69) is 64.7 Å². The van der Waals surface area contributed by atoms with Crippen molar-refractivity contribution in [1.29, 1.82) is 0 Å². The van der Waals surface area contributed by atoms with Crippen LogP contribution in [0.15, 0.2) is 24.3 Å². The summed E-state index contributed by atoms with van der Waals surface area (Å²) in [5, 5.41) is 1.56. The van der Waals surface area contributed by atoms with Crippen molar-refractivity contribution in [1.82, 2.24) is 0 Å². The van der Waals surface area contributed by atoms with E-state index in [0.717, 1.165) is 38.5 Å². The van der Waals surface area contributed by atoms with Crippen molar-refractivity contribution in [2.24, 2.45) is 0 Å². The Bertz CT molecular complexity index is 278. The van der Waals surface area contributed by atoms with Crippen molar-refractivity contribution >= 4 is 13.3 Å². The van der Waals surface area contributed by atoms with Gasteiger partial charge in [0.05, 0.1) is 0 Å². The first-order valence-corrected chi connectivity index (χ1v) is 13.0. The summed E-state index contributed by atoms with van der Waals surface area (Å²) in [5.74, 6) is 0. The summed E-state index contributed by atoms with van der Waals surface area (Å²) in [5.41, 5.74) is 19.8. The van der Waals surface area contributed by atoms with Crippen molar-refractivity contribution in [3.8, 4) is 0 Å². The third-order valence-corrected chi connectivity index (χ3v) is 5.19. The second-order valence-corrected chi connectivity index (χ2v) is 11.8. The molecular weight excluding hydrogens is 489 g/mol. The summed E-state index contributed by atoms with van der Waals surface area (Å²) >= 11 is 0. The van der Waals surface area contributed by atoms with E-state index in [1.54, 1.807) is 5.19 Å². The third-order valence-electron chi connectivity index (χ3n) is 3.12. The maximum atomic E-state index is 6.60. The molecule has 0 aliphatic heterocycles. The van der Waals surface area contributed by atoms with Crippen LogP contribution in [0.1, 0.15) is 59.3 Å². The molecule has 0 saturated carbocycles. The van der Waals surface area contributed by atoms with Crippen LogP contribution >= 0.6 is 0 Å². The minimum atomic E-state index is -0.981. The molecule has 0 bridgehead atoms. The molecule has 3 nitrogen and oxygen atoms in total. The first-order valence-electron chi connectivity index (χ1n) is 9.51. The van der Waals surface area contributed by atoms with Gasteiger partial charge in [-0.3, -0.25) is 0 Å². The fraction of sp³-hybridized carbons (Fsp3) is 0.750. The van der Waals surface area contributed by atoms with E-state index in [1.807, 2.05) is 0 Å². The van der Waals surface area contributed by atoms with Gasteiger partial charge in [0, 0.05) is 8.07 Å². The number of hydrogen-bond acceptors (Lipinski definition) is 0. The number of nitrogens with one attached hydrogen (secondary N) is 3. The largest absolute Gasteiger partial charge is 4.00 e. The van der Waals surface area contributed by atoms with Gasteiger partial charge in [0.2, 0.25) is 0 Å². The van der Waals surface area contributed by atoms with Crippen molar-refractivity contribution < 1.29 is 25.8 Å². The summed E-state index contributed by atoms with van der Waals surface area (Å²) in [7, 11) is -0.981. The zero-order valence-electron chi connectivity index (χ0n) is 17.7. The van der Waals surface area contributed by atoms with Crippen molar-refractivity contribution in [2.75, 3.05) is 19.6 Å². The standard InChI is InChI=1S/C8H13Si.3C4H10N.Hf/c1-9(2,3)8-6-4-5-7-8;3*1-2-3-4-5;/h4-7H,1-3H3;3*5H,2-4H2,1H3;/q4*-1;+4. The Morgan fingerprint density at radius 2 is 0.960 bits per heavy atom. The molecule has 1 aromatic carbocycles. The van der Waals surface area contributed by atoms with Gasteiger partial charge in [-0.25, -0.2) is 12.1 Å². The second kappa shape index (κ2) is 26.5. The Morgan fingerprint density at radius 3 is 1.04 bits per heavy atom. The zero-order chi connectivity index (χ0) is 19.3. The van der Waals surface area contributed by atoms with E-state index >= 15 is 0 Å². The molecule has 0 aliphatic rings. The van der Waals surface area contributed by atoms with Crippen LogP contribution in [0, 0.1) is 0 Å². The Hall–Kier alpha value is 0.317. The molecule has 0 aliphatic carbocycles. The Morgan fingerprint density at radius 1 is 0.680 bits per heavy atom. The molecule has 0 spiro atoms. The van der Waals surface area contributed by atoms with Crippen LogP contribution in [-0.2, 0) is 25.8 Å². The number of rotatable bonds is 7. The van der Waals surface area contributed by atoms with Crippen molar-refractivity contribution in [3.05, 3.63) is 41.5 Å². The molecular formula is C20H43HfN3Si. The summed E-state index contributed by atoms with van der Waals surface area (Å²) < 4.78 is 0. The summed E-state index contributed by atoms with van der Waals surface area (Å²) in [6.07, 6.45) is 6.64. The van der Waals surface area contributed by atoms with Crippen molar-refractivity contribution in [3.63, 3.8) is 0 Å². The molecule has 0 aromatic heterocycles. The van der Waals surface area contributed by atoms with Crippen molar-refractivity contribution in [2.45, 2.75) is 78.9 Å². The van der Waals surface area contributed by atoms with Crippen LogP contribution in [0.2, 0.25) is 19.6 Å². The molecule has 146 valence electrons. The summed E-state index contributed by atoms with van der Waals surface area (Å²) in [6.45, 7) is 15.1. The van der Waals surface area contributed by atoms with Gasteiger partial charge in [0.25, 0.3) is 0 Å². The Balaban J connectivity index is -0.000000122. The van der Waals surface area contributed by atoms with E-state index in [-0.39, 0.29) is 25.8 Å². The molecule has 25 heavy (non-hydrogen) atoms. The number of hydrogen-bond donors (Lipinski definition) is 0. The maximum Gasteiger partial charge on any atom is 4.00 e. The molecule has 0 saturated heterocycles. The second-order valence-electron chi connectivity index (χ2n) is 6.73. The Labute approximate surface area is 178 Å². The van der Waals surface area contributed by atoms with Crippen LogP contribution in [0.4, 0.5) is 0 Å². The fourth-order valence-corrected chi connectivity index (χ4v) is 2.60. The van der Waals surface area contributed by atoms with Gasteiger partial charge in [-0.05, 0) is 0 Å². The van der Waals surface area contributed by atoms with Gasteiger partial charge in [0.1, 0.15) is 0 Å². The SMILES string of the molecule is CCCC[NH-].CCCC[NH-].CCCC[NH-].C[Si](C)(C)[c-]1cccc1.[Hf+4]. The van der Waals surface area contributed by atoms with Gasteiger partial charge >= 0.3 is 25.8 Å². The molecule has 0 heterocycles. The number of unbranched alkanes of at least 4 members (excludes halogenated alkanes) is 3. The summed E-state index contributed by atoms with van der Waals surface area (Å²) in [4.78, 5) is 0. The van der Waals surface area contributed by atoms with Crippen LogP contribution in [0.3, 0.4) is 0 Å². The van der Waals surface area contributed by atoms with E-state index in [1.165, 1.54) is 0 Å². The summed E-state index contributed by atoms with van der Waals surface area (Å²) in [6, 6.07) is 8.69. The molecule has 0 radical (unpaired) electrons. The van der Waals surface area contributed by atoms with Crippen LogP contribution in [-0.4, -0.2) is 27.7 Å². The van der Waals surface area contributed by atoms with E-state index in [4.69, 9.17) is 17.2 Å². The molecule has 1 rings (SSSR count). The average molecular weight is 532 g/mol. The topological polar surface area (TPSA) is 71.4 Å². The van der Waals surface area contributed by atoms with Crippen LogP contribution in [0.5, 0.6) is 0 Å². The Kier molecular flexibility index (Phi) is 35.0. The molecule has 3 N–H and O–H groups in total. The van der Waals surface area contributed by atoms with Gasteiger partial charge in [-0.1, -0.05) is 78.9 Å². The molecule has 5 heteroatoms. The van der Waals surface area contributed by atoms with Crippen LogP contribution in [0.25, 0.3) is 17.2 Å². The normalized spacial score (nSPS) is 9.32. The first kappa shape index (κ1) is 32.9. The van der Waals surface area contributed by atoms with E-state index in [9.17, 15) is 0 Å². The first-order chi connectivity index (χ1) is 11.3. The third kappa shape index (κ3) is 32.5. The van der Waals surface area contributed by atoms with Gasteiger partial charge < -0.3 is 17.2 Å². The maximum absolute atomic E-state index is 6.60. The average Bonchev–Trinajstić information content (AvgIpc) is 3.06. The predicted molar refractivity (Wildman–Crippen MR) is 117 cm³/mol. The van der Waals surface area contributed by atoms with Gasteiger partial charge in [-0.2, -0.15) is 37.0 Å². The molecule has 0 unspecified atom stereocenters. The van der Waals surface area contributed by atoms with Gasteiger partial charge in [0.15, 0.2) is 0 Å². The van der Waals surface area contributed by atoms with E-state index < -0.39 is 8.07 Å². The van der Waals surface area contributed by atoms with E-state index in [0.29, 0.717) is 19.6 Å². The van der Waals surface area contributed by atoms with Gasteiger partial charge in [-0.15, -0.1) is 0 Å². The molecule has 0 fully saturated rings. The molecule has 1 aromatic rings. The fourth-order valence-electron chi connectivity index (χ4n) is 1.40. The smallest absolute Gasteiger partial charge is 0.677 e. The minimum absolute atomic E-state index is 0. The molecule has 0 amide bonds. The predicted octanol–water partition coefficient (Wildman–Crippen LogP) is 7.46. The quantitative estimate of drug-likeness (QED) is 0.258. The monoisotopic (exact) mass is 533 g/mol. The minimum Gasteiger partial charge on any atom is -0.677 e. The molecule has 0 atom stereocenters. The zero-order valence-corrected chi connectivity index (χ0v) is 22.3. The van der Waals surface area contributed by atoms with Crippen LogP contribution < -0.4 is 5.19 Å².